The molecular formula is C13H14ClNO. The number of anilines is 1. The molecular weight excluding hydrogens is 222 g/mol. The maximum absolute atomic E-state index is 10.7. The molecule has 0 atom stereocenters. The second kappa shape index (κ2) is 3.63. The van der Waals surface area contributed by atoms with Crippen molar-refractivity contribution in [2.45, 2.75) is 19.3 Å². The quantitative estimate of drug-likeness (QED) is 0.551. The Hall–Kier alpha value is -1.28. The van der Waals surface area contributed by atoms with Crippen LogP contribution in [0, 0.1) is 0 Å². The number of rotatable bonds is 1. The molecule has 1 heterocycles. The lowest BCUT2D eigenvalue weighted by molar-refractivity contribution is -0.104. The monoisotopic (exact) mass is 235 g/mol. The van der Waals surface area contributed by atoms with Crippen LogP contribution in [0.25, 0.3) is 0 Å². The molecule has 0 aliphatic carbocycles. The topological polar surface area (TPSA) is 20.3 Å². The number of carbonyl (C=O) groups excluding carboxylic acids is 1. The molecule has 1 aliphatic heterocycles. The number of hydrogen-bond acceptors (Lipinski definition) is 2. The Morgan fingerprint density at radius 1 is 1.38 bits per heavy atom. The van der Waals surface area contributed by atoms with Crippen LogP contribution in [0.4, 0.5) is 5.69 Å². The van der Waals surface area contributed by atoms with Crippen molar-refractivity contribution in [3.05, 3.63) is 40.6 Å². The lowest BCUT2D eigenvalue weighted by atomic mass is 9.84. The summed E-state index contributed by atoms with van der Waals surface area (Å²) >= 11 is 6.02. The van der Waals surface area contributed by atoms with Crippen LogP contribution < -0.4 is 4.90 Å². The van der Waals surface area contributed by atoms with Crippen molar-refractivity contribution < 1.29 is 4.79 Å². The summed E-state index contributed by atoms with van der Waals surface area (Å²) in [5.41, 5.74) is 3.11. The number of nitrogens with zero attached hydrogens (tertiary/aromatic N) is 1. The maximum Gasteiger partial charge on any atom is 0.144 e. The molecule has 0 bridgehead atoms. The van der Waals surface area contributed by atoms with Gasteiger partial charge in [0.15, 0.2) is 0 Å². The second-order valence-electron chi connectivity index (χ2n) is 4.53. The van der Waals surface area contributed by atoms with Crippen molar-refractivity contribution in [3.8, 4) is 0 Å². The first-order valence-corrected chi connectivity index (χ1v) is 5.56. The van der Waals surface area contributed by atoms with Gasteiger partial charge in [-0.15, -0.1) is 0 Å². The first-order chi connectivity index (χ1) is 7.48. The van der Waals surface area contributed by atoms with Crippen molar-refractivity contribution in [1.29, 1.82) is 0 Å². The van der Waals surface area contributed by atoms with Gasteiger partial charge in [0.1, 0.15) is 6.29 Å². The maximum atomic E-state index is 10.7. The molecule has 3 heteroatoms. The van der Waals surface area contributed by atoms with Gasteiger partial charge in [-0.2, -0.15) is 0 Å². The molecule has 0 unspecified atom stereocenters. The third-order valence-corrected chi connectivity index (χ3v) is 3.46. The molecule has 16 heavy (non-hydrogen) atoms. The minimum absolute atomic E-state index is 0.171. The van der Waals surface area contributed by atoms with Crippen LogP contribution in [0.5, 0.6) is 0 Å². The van der Waals surface area contributed by atoms with Crippen LogP contribution in [0.3, 0.4) is 0 Å². The van der Waals surface area contributed by atoms with Gasteiger partial charge in [0.2, 0.25) is 0 Å². The van der Waals surface area contributed by atoms with Gasteiger partial charge in [-0.1, -0.05) is 25.4 Å². The van der Waals surface area contributed by atoms with Gasteiger partial charge in [0, 0.05) is 28.9 Å². The smallest absolute Gasteiger partial charge is 0.144 e. The van der Waals surface area contributed by atoms with Gasteiger partial charge in [-0.3, -0.25) is 4.79 Å². The van der Waals surface area contributed by atoms with E-state index in [9.17, 15) is 4.79 Å². The van der Waals surface area contributed by atoms with Crippen LogP contribution in [-0.4, -0.2) is 13.3 Å². The fraction of sp³-hybridized carbons (Fsp3) is 0.308. The molecule has 0 saturated heterocycles. The van der Waals surface area contributed by atoms with E-state index >= 15 is 0 Å². The van der Waals surface area contributed by atoms with Crippen molar-refractivity contribution >= 4 is 23.6 Å². The lowest BCUT2D eigenvalue weighted by Gasteiger charge is -2.23. The van der Waals surface area contributed by atoms with Crippen molar-refractivity contribution in [2.75, 3.05) is 11.9 Å². The first-order valence-electron chi connectivity index (χ1n) is 5.18. The van der Waals surface area contributed by atoms with Gasteiger partial charge < -0.3 is 4.90 Å². The number of fused-ring (bicyclic) bond motifs is 1. The van der Waals surface area contributed by atoms with E-state index in [1.165, 1.54) is 0 Å². The molecule has 0 spiro atoms. The number of carbonyl (C=O) groups is 1. The molecule has 0 aromatic heterocycles. The summed E-state index contributed by atoms with van der Waals surface area (Å²) in [5, 5.41) is 0.729. The summed E-state index contributed by atoms with van der Waals surface area (Å²) in [7, 11) is 1.97. The molecule has 2 rings (SSSR count). The third kappa shape index (κ3) is 1.45. The largest absolute Gasteiger partial charge is 0.347 e. The van der Waals surface area contributed by atoms with E-state index in [2.05, 4.69) is 13.8 Å². The molecule has 0 saturated carbocycles. The number of likely N-dealkylation sites (N-methyl/N-ethyl adjacent to an activating group) is 1. The highest BCUT2D eigenvalue weighted by Crippen LogP contribution is 2.47. The molecule has 0 N–H and O–H groups in total. The predicted octanol–water partition coefficient (Wildman–Crippen LogP) is 3.15. The molecule has 84 valence electrons. The van der Waals surface area contributed by atoms with Crippen molar-refractivity contribution in [2.24, 2.45) is 0 Å². The fourth-order valence-corrected chi connectivity index (χ4v) is 2.55. The summed E-state index contributed by atoms with van der Waals surface area (Å²) in [6, 6.07) is 5.83. The standard InChI is InChI=1S/C13H14ClNO/c1-13(2)10-8-9(14)4-5-11(10)15(3)12(13)6-7-16/h4-8H,1-3H3. The molecule has 0 fully saturated rings. The second-order valence-corrected chi connectivity index (χ2v) is 4.97. The Bertz CT molecular complexity index is 477. The Morgan fingerprint density at radius 3 is 2.69 bits per heavy atom. The molecule has 1 aliphatic rings. The summed E-state index contributed by atoms with van der Waals surface area (Å²) in [6.45, 7) is 4.20. The van der Waals surface area contributed by atoms with Crippen molar-refractivity contribution in [3.63, 3.8) is 0 Å². The zero-order chi connectivity index (χ0) is 11.9. The van der Waals surface area contributed by atoms with Gasteiger partial charge in [-0.25, -0.2) is 0 Å². The fourth-order valence-electron chi connectivity index (χ4n) is 2.37. The number of allylic oxidation sites excluding steroid dienone is 2. The van der Waals surface area contributed by atoms with Crippen LogP contribution in [0.1, 0.15) is 19.4 Å². The summed E-state index contributed by atoms with van der Waals surface area (Å²) in [5.74, 6) is 0. The Balaban J connectivity index is 2.66. The van der Waals surface area contributed by atoms with E-state index in [0.717, 1.165) is 28.3 Å². The molecule has 2 nitrogen and oxygen atoms in total. The van der Waals surface area contributed by atoms with E-state index in [4.69, 9.17) is 11.6 Å². The van der Waals surface area contributed by atoms with Gasteiger partial charge in [0.05, 0.1) is 0 Å². The summed E-state index contributed by atoms with van der Waals surface area (Å²) < 4.78 is 0. The van der Waals surface area contributed by atoms with Crippen molar-refractivity contribution in [1.82, 2.24) is 0 Å². The lowest BCUT2D eigenvalue weighted by Crippen LogP contribution is -2.22. The zero-order valence-electron chi connectivity index (χ0n) is 9.62. The highest BCUT2D eigenvalue weighted by atomic mass is 35.5. The number of aldehydes is 1. The number of benzene rings is 1. The summed E-state index contributed by atoms with van der Waals surface area (Å²) in [6.07, 6.45) is 2.45. The average molecular weight is 236 g/mol. The Morgan fingerprint density at radius 2 is 2.06 bits per heavy atom. The molecule has 1 aromatic carbocycles. The van der Waals surface area contributed by atoms with Gasteiger partial charge in [-0.05, 0) is 29.8 Å². The van der Waals surface area contributed by atoms with Crippen LogP contribution >= 0.6 is 11.6 Å². The van der Waals surface area contributed by atoms with E-state index in [0.29, 0.717) is 0 Å². The highest BCUT2D eigenvalue weighted by molar-refractivity contribution is 6.30. The zero-order valence-corrected chi connectivity index (χ0v) is 10.4. The van der Waals surface area contributed by atoms with Crippen LogP contribution in [0.15, 0.2) is 30.0 Å². The highest BCUT2D eigenvalue weighted by Gasteiger charge is 2.38. The summed E-state index contributed by atoms with van der Waals surface area (Å²) in [4.78, 5) is 12.7. The normalized spacial score (nSPS) is 20.0. The molecule has 0 amide bonds. The third-order valence-electron chi connectivity index (χ3n) is 3.22. The van der Waals surface area contributed by atoms with Gasteiger partial charge in [0.25, 0.3) is 0 Å². The minimum atomic E-state index is -0.171. The van der Waals surface area contributed by atoms with Gasteiger partial charge >= 0.3 is 0 Å². The predicted molar refractivity (Wildman–Crippen MR) is 67.0 cm³/mol. The number of hydrogen-bond donors (Lipinski definition) is 0. The van der Waals surface area contributed by atoms with E-state index in [-0.39, 0.29) is 5.41 Å². The Kier molecular flexibility index (Phi) is 2.55. The van der Waals surface area contributed by atoms with E-state index < -0.39 is 0 Å². The molecule has 1 aromatic rings. The average Bonchev–Trinajstić information content (AvgIpc) is 2.40. The Labute approximate surface area is 101 Å². The first kappa shape index (κ1) is 11.2. The minimum Gasteiger partial charge on any atom is -0.347 e. The van der Waals surface area contributed by atoms with E-state index in [1.807, 2.05) is 30.1 Å². The van der Waals surface area contributed by atoms with Crippen LogP contribution in [-0.2, 0) is 10.2 Å². The molecule has 0 radical (unpaired) electrons. The SMILES string of the molecule is CN1C(=CC=O)C(C)(C)c2cc(Cl)ccc21. The number of halogens is 1. The van der Waals surface area contributed by atoms with Crippen LogP contribution in [0.2, 0.25) is 5.02 Å². The van der Waals surface area contributed by atoms with E-state index in [1.54, 1.807) is 6.08 Å².